The fourth-order valence-electron chi connectivity index (χ4n) is 3.62. The monoisotopic (exact) mass is 487 g/mol. The van der Waals surface area contributed by atoms with Gasteiger partial charge in [0.25, 0.3) is 0 Å². The number of alkyl halides is 3. The van der Waals surface area contributed by atoms with Gasteiger partial charge in [-0.3, -0.25) is 5.32 Å². The molecule has 1 amide bonds. The van der Waals surface area contributed by atoms with Gasteiger partial charge in [0.15, 0.2) is 0 Å². The first-order chi connectivity index (χ1) is 15.1. The van der Waals surface area contributed by atoms with E-state index in [1.54, 1.807) is 12.1 Å². The second kappa shape index (κ2) is 8.80. The maximum Gasteiger partial charge on any atom is 0.430 e. The topological polar surface area (TPSA) is 63.2 Å². The van der Waals surface area contributed by atoms with Crippen molar-refractivity contribution in [3.05, 3.63) is 63.6 Å². The third-order valence-electron chi connectivity index (χ3n) is 5.39. The normalized spacial score (nSPS) is 18.2. The van der Waals surface area contributed by atoms with Crippen LogP contribution in [0, 0.1) is 0 Å². The molecule has 4 rings (SSSR count). The highest BCUT2D eigenvalue weighted by Crippen LogP contribution is 2.37. The van der Waals surface area contributed by atoms with Gasteiger partial charge in [-0.1, -0.05) is 40.5 Å². The Morgan fingerprint density at radius 1 is 1.12 bits per heavy atom. The Morgan fingerprint density at radius 2 is 1.81 bits per heavy atom. The summed E-state index contributed by atoms with van der Waals surface area (Å²) in [6.45, 7) is 0.764. The molecule has 2 aromatic carbocycles. The standard InChI is InChI=1S/C21H18Cl2F3N3O3/c22-15-4-1-13(2-5-15)18-12-20(32-28-18)7-9-29(10-8-20)31-19(30)27-17-11-14(21(24,25)26)3-6-16(17)23/h1-6,11H,7-10,12H2,(H,27,30). The van der Waals surface area contributed by atoms with E-state index in [0.717, 1.165) is 29.5 Å². The van der Waals surface area contributed by atoms with Crippen LogP contribution in [0.15, 0.2) is 47.6 Å². The Morgan fingerprint density at radius 3 is 2.47 bits per heavy atom. The van der Waals surface area contributed by atoms with Crippen molar-refractivity contribution in [2.75, 3.05) is 18.4 Å². The van der Waals surface area contributed by atoms with Crippen LogP contribution in [0.5, 0.6) is 0 Å². The summed E-state index contributed by atoms with van der Waals surface area (Å²) in [5.41, 5.74) is 0.178. The van der Waals surface area contributed by atoms with Gasteiger partial charge in [-0.15, -0.1) is 5.06 Å². The first kappa shape index (κ1) is 22.7. The number of halogens is 5. The van der Waals surface area contributed by atoms with Gasteiger partial charge >= 0.3 is 12.3 Å². The van der Waals surface area contributed by atoms with E-state index in [1.165, 1.54) is 5.06 Å². The summed E-state index contributed by atoms with van der Waals surface area (Å²) in [5, 5.41) is 8.53. The number of anilines is 1. The molecule has 11 heteroatoms. The minimum atomic E-state index is -4.56. The number of amides is 1. The average Bonchev–Trinajstić information content (AvgIpc) is 3.15. The molecule has 2 aliphatic heterocycles. The van der Waals surface area contributed by atoms with Gasteiger partial charge in [-0.25, -0.2) is 4.79 Å². The Labute approximate surface area is 191 Å². The van der Waals surface area contributed by atoms with E-state index in [4.69, 9.17) is 32.9 Å². The highest BCUT2D eigenvalue weighted by atomic mass is 35.5. The van der Waals surface area contributed by atoms with Crippen molar-refractivity contribution in [3.8, 4) is 0 Å². The lowest BCUT2D eigenvalue weighted by atomic mass is 9.86. The van der Waals surface area contributed by atoms with E-state index in [0.29, 0.717) is 37.4 Å². The van der Waals surface area contributed by atoms with E-state index in [1.807, 2.05) is 12.1 Å². The first-order valence-corrected chi connectivity index (χ1v) is 10.5. The molecule has 0 saturated carbocycles. The number of benzene rings is 2. The molecule has 1 N–H and O–H groups in total. The lowest BCUT2D eigenvalue weighted by Crippen LogP contribution is -2.45. The molecule has 32 heavy (non-hydrogen) atoms. The van der Waals surface area contributed by atoms with Crippen molar-refractivity contribution in [1.82, 2.24) is 5.06 Å². The second-order valence-electron chi connectivity index (χ2n) is 7.62. The molecule has 0 bridgehead atoms. The molecule has 2 aliphatic rings. The van der Waals surface area contributed by atoms with Gasteiger partial charge in [0.1, 0.15) is 5.60 Å². The predicted octanol–water partition coefficient (Wildman–Crippen LogP) is 6.13. The Bertz CT molecular complexity index is 1040. The second-order valence-corrected chi connectivity index (χ2v) is 8.46. The number of rotatable bonds is 3. The molecule has 0 radical (unpaired) electrons. The maximum absolute atomic E-state index is 12.9. The lowest BCUT2D eigenvalue weighted by molar-refractivity contribution is -0.154. The van der Waals surface area contributed by atoms with Crippen LogP contribution >= 0.6 is 23.2 Å². The number of hydroxylamine groups is 2. The first-order valence-electron chi connectivity index (χ1n) is 9.75. The lowest BCUT2D eigenvalue weighted by Gasteiger charge is -2.35. The predicted molar refractivity (Wildman–Crippen MR) is 114 cm³/mol. The summed E-state index contributed by atoms with van der Waals surface area (Å²) in [6.07, 6.45) is -3.74. The Kier molecular flexibility index (Phi) is 6.24. The van der Waals surface area contributed by atoms with Gasteiger partial charge in [0, 0.05) is 37.4 Å². The molecule has 170 valence electrons. The van der Waals surface area contributed by atoms with Crippen molar-refractivity contribution < 1.29 is 27.6 Å². The number of nitrogens with zero attached hydrogens (tertiary/aromatic N) is 2. The number of oxime groups is 1. The van der Waals surface area contributed by atoms with Crippen LogP contribution in [-0.4, -0.2) is 35.6 Å². The van der Waals surface area contributed by atoms with Gasteiger partial charge in [-0.05, 0) is 35.9 Å². The minimum absolute atomic E-state index is 0.0289. The minimum Gasteiger partial charge on any atom is -0.388 e. The Balaban J connectivity index is 1.30. The molecule has 6 nitrogen and oxygen atoms in total. The van der Waals surface area contributed by atoms with Crippen LogP contribution in [-0.2, 0) is 15.9 Å². The van der Waals surface area contributed by atoms with Crippen molar-refractivity contribution in [2.24, 2.45) is 5.16 Å². The van der Waals surface area contributed by atoms with Crippen LogP contribution < -0.4 is 5.32 Å². The van der Waals surface area contributed by atoms with Crippen LogP contribution in [0.4, 0.5) is 23.7 Å². The van der Waals surface area contributed by atoms with Crippen molar-refractivity contribution in [3.63, 3.8) is 0 Å². The molecule has 1 spiro atoms. The summed E-state index contributed by atoms with van der Waals surface area (Å²) in [5.74, 6) is 0. The fourth-order valence-corrected chi connectivity index (χ4v) is 3.91. The largest absolute Gasteiger partial charge is 0.430 e. The summed E-state index contributed by atoms with van der Waals surface area (Å²) in [6, 6.07) is 10.0. The van der Waals surface area contributed by atoms with E-state index >= 15 is 0 Å². The molecule has 1 saturated heterocycles. The number of hydrogen-bond acceptors (Lipinski definition) is 5. The van der Waals surface area contributed by atoms with E-state index < -0.39 is 23.4 Å². The molecule has 2 heterocycles. The number of nitrogens with one attached hydrogen (secondary N) is 1. The molecule has 2 aromatic rings. The van der Waals surface area contributed by atoms with Crippen LogP contribution in [0.2, 0.25) is 10.0 Å². The third-order valence-corrected chi connectivity index (χ3v) is 5.97. The number of hydrogen-bond donors (Lipinski definition) is 1. The zero-order valence-electron chi connectivity index (χ0n) is 16.6. The molecule has 0 aliphatic carbocycles. The van der Waals surface area contributed by atoms with Crippen LogP contribution in [0.1, 0.15) is 30.4 Å². The summed E-state index contributed by atoms with van der Waals surface area (Å²) in [7, 11) is 0. The number of piperidine rings is 1. The molecule has 0 atom stereocenters. The molecule has 0 unspecified atom stereocenters. The SMILES string of the molecule is O=C(Nc1cc(C(F)(F)F)ccc1Cl)ON1CCC2(CC1)CC(c1ccc(Cl)cc1)=NO2. The number of carbonyl (C=O) groups excluding carboxylic acids is 1. The van der Waals surface area contributed by atoms with Gasteiger partial charge in [-0.2, -0.15) is 13.2 Å². The smallest absolute Gasteiger partial charge is 0.388 e. The van der Waals surface area contributed by atoms with Crippen molar-refractivity contribution >= 4 is 40.7 Å². The molecular formula is C21H18Cl2F3N3O3. The van der Waals surface area contributed by atoms with Crippen molar-refractivity contribution in [2.45, 2.75) is 31.0 Å². The maximum atomic E-state index is 12.9. The van der Waals surface area contributed by atoms with E-state index in [9.17, 15) is 18.0 Å². The zero-order valence-corrected chi connectivity index (χ0v) is 18.1. The summed E-state index contributed by atoms with van der Waals surface area (Å²) >= 11 is 11.8. The molecular weight excluding hydrogens is 470 g/mol. The van der Waals surface area contributed by atoms with Gasteiger partial charge in [0.2, 0.25) is 0 Å². The zero-order chi connectivity index (χ0) is 22.9. The van der Waals surface area contributed by atoms with Crippen LogP contribution in [0.25, 0.3) is 0 Å². The van der Waals surface area contributed by atoms with E-state index in [2.05, 4.69) is 10.5 Å². The van der Waals surface area contributed by atoms with Gasteiger partial charge < -0.3 is 9.68 Å². The van der Waals surface area contributed by atoms with Crippen molar-refractivity contribution in [1.29, 1.82) is 0 Å². The highest BCUT2D eigenvalue weighted by molar-refractivity contribution is 6.33. The molecule has 1 fully saturated rings. The quantitative estimate of drug-likeness (QED) is 0.565. The van der Waals surface area contributed by atoms with Gasteiger partial charge in [0.05, 0.1) is 22.0 Å². The summed E-state index contributed by atoms with van der Waals surface area (Å²) in [4.78, 5) is 23.2. The fraction of sp³-hybridized carbons (Fsp3) is 0.333. The number of carbonyl (C=O) groups is 1. The Hall–Kier alpha value is -2.49. The average molecular weight is 488 g/mol. The van der Waals surface area contributed by atoms with E-state index in [-0.39, 0.29) is 10.7 Å². The van der Waals surface area contributed by atoms with Crippen LogP contribution in [0.3, 0.4) is 0 Å². The highest BCUT2D eigenvalue weighted by Gasteiger charge is 2.43. The third kappa shape index (κ3) is 5.11. The molecule has 0 aromatic heterocycles. The summed E-state index contributed by atoms with van der Waals surface area (Å²) < 4.78 is 38.7.